The van der Waals surface area contributed by atoms with Crippen LogP contribution < -0.4 is 9.47 Å². The van der Waals surface area contributed by atoms with Crippen LogP contribution in [0, 0.1) is 0 Å². The topological polar surface area (TPSA) is 82.1 Å². The van der Waals surface area contributed by atoms with Crippen molar-refractivity contribution in [3.05, 3.63) is 65.1 Å². The summed E-state index contributed by atoms with van der Waals surface area (Å²) in [7, 11) is 0. The molecule has 0 spiro atoms. The van der Waals surface area contributed by atoms with E-state index in [1.54, 1.807) is 25.1 Å². The molecule has 8 heteroatoms. The number of benzene rings is 2. The van der Waals surface area contributed by atoms with Crippen molar-refractivity contribution in [1.29, 1.82) is 0 Å². The number of carbonyl (C=O) groups is 3. The number of carbonyl (C=O) groups excluding carboxylic acids is 3. The van der Waals surface area contributed by atoms with Gasteiger partial charge in [-0.15, -0.1) is 0 Å². The Kier molecular flexibility index (Phi) is 7.51. The summed E-state index contributed by atoms with van der Waals surface area (Å²) >= 11 is 0.782. The van der Waals surface area contributed by atoms with E-state index < -0.39 is 23.7 Å². The number of esters is 1. The Morgan fingerprint density at radius 2 is 1.70 bits per heavy atom. The Hall–Kier alpha value is -3.26. The number of para-hydroxylation sites is 2. The van der Waals surface area contributed by atoms with Crippen molar-refractivity contribution < 1.29 is 28.6 Å². The highest BCUT2D eigenvalue weighted by atomic mass is 32.2. The lowest BCUT2D eigenvalue weighted by Crippen LogP contribution is -2.34. The predicted octanol–water partition coefficient (Wildman–Crippen LogP) is 3.74. The van der Waals surface area contributed by atoms with Gasteiger partial charge in [0.05, 0.1) is 11.5 Å². The molecule has 0 bridgehead atoms. The monoisotopic (exact) mass is 427 g/mol. The number of thioether (sulfide) groups is 1. The van der Waals surface area contributed by atoms with Gasteiger partial charge in [0.15, 0.2) is 0 Å². The normalized spacial score (nSPS) is 14.8. The minimum Gasteiger partial charge on any atom is -0.490 e. The average molecular weight is 427 g/mol. The predicted molar refractivity (Wildman–Crippen MR) is 113 cm³/mol. The fraction of sp³-hybridized carbons (Fsp3) is 0.227. The quantitative estimate of drug-likeness (QED) is 0.342. The van der Waals surface area contributed by atoms with Crippen LogP contribution in [0.15, 0.2) is 59.5 Å². The van der Waals surface area contributed by atoms with Gasteiger partial charge < -0.3 is 14.2 Å². The Balaban J connectivity index is 1.63. The molecular weight excluding hydrogens is 406 g/mol. The molecule has 0 N–H and O–H groups in total. The third kappa shape index (κ3) is 5.64. The standard InChI is InChI=1S/C22H21NO6S/c1-2-27-20(24)15-23-21(25)19(30-22(23)26)14-16-8-6-7-11-18(16)29-13-12-28-17-9-4-3-5-10-17/h3-11,14H,2,12-13,15H2,1H3/b19-14-. The van der Waals surface area contributed by atoms with Gasteiger partial charge in [0, 0.05) is 5.56 Å². The van der Waals surface area contributed by atoms with Crippen LogP contribution in [-0.4, -0.2) is 48.4 Å². The van der Waals surface area contributed by atoms with Crippen molar-refractivity contribution in [1.82, 2.24) is 4.90 Å². The Morgan fingerprint density at radius 1 is 1.00 bits per heavy atom. The molecule has 2 amide bonds. The van der Waals surface area contributed by atoms with E-state index >= 15 is 0 Å². The van der Waals surface area contributed by atoms with Crippen molar-refractivity contribution in [3.63, 3.8) is 0 Å². The second-order valence-electron chi connectivity index (χ2n) is 6.12. The second kappa shape index (κ2) is 10.5. The van der Waals surface area contributed by atoms with Crippen molar-refractivity contribution in [2.24, 2.45) is 0 Å². The van der Waals surface area contributed by atoms with Crippen LogP contribution in [0.1, 0.15) is 12.5 Å². The molecule has 1 aliphatic heterocycles. The average Bonchev–Trinajstić information content (AvgIpc) is 3.00. The molecular formula is C22H21NO6S. The minimum atomic E-state index is -0.622. The third-order valence-corrected chi connectivity index (χ3v) is 4.93. The Labute approximate surface area is 178 Å². The van der Waals surface area contributed by atoms with Crippen LogP contribution in [0.3, 0.4) is 0 Å². The maximum atomic E-state index is 12.5. The number of rotatable bonds is 9. The molecule has 3 rings (SSSR count). The first kappa shape index (κ1) is 21.4. The molecule has 0 atom stereocenters. The maximum absolute atomic E-state index is 12.5. The summed E-state index contributed by atoms with van der Waals surface area (Å²) in [6.07, 6.45) is 1.59. The molecule has 156 valence electrons. The summed E-state index contributed by atoms with van der Waals surface area (Å²) in [5, 5.41) is -0.506. The summed E-state index contributed by atoms with van der Waals surface area (Å²) in [6, 6.07) is 16.6. The van der Waals surface area contributed by atoms with Crippen LogP contribution in [-0.2, 0) is 14.3 Å². The van der Waals surface area contributed by atoms with Crippen molar-refractivity contribution in [2.45, 2.75) is 6.92 Å². The molecule has 0 radical (unpaired) electrons. The molecule has 2 aromatic rings. The molecule has 1 heterocycles. The highest BCUT2D eigenvalue weighted by Crippen LogP contribution is 2.33. The fourth-order valence-electron chi connectivity index (χ4n) is 2.67. The van der Waals surface area contributed by atoms with Gasteiger partial charge in [-0.05, 0) is 43.0 Å². The zero-order valence-corrected chi connectivity index (χ0v) is 17.2. The zero-order valence-electron chi connectivity index (χ0n) is 16.4. The molecule has 0 unspecified atom stereocenters. The van der Waals surface area contributed by atoms with Gasteiger partial charge >= 0.3 is 5.97 Å². The summed E-state index contributed by atoms with van der Waals surface area (Å²) in [6.45, 7) is 2.11. The van der Waals surface area contributed by atoms with Gasteiger partial charge in [0.1, 0.15) is 31.3 Å². The molecule has 2 aromatic carbocycles. The zero-order chi connectivity index (χ0) is 21.3. The van der Waals surface area contributed by atoms with E-state index in [1.165, 1.54) is 0 Å². The van der Waals surface area contributed by atoms with Gasteiger partial charge in [0.25, 0.3) is 11.1 Å². The van der Waals surface area contributed by atoms with E-state index in [-0.39, 0.29) is 11.5 Å². The van der Waals surface area contributed by atoms with Crippen LogP contribution in [0.5, 0.6) is 11.5 Å². The number of ether oxygens (including phenoxy) is 3. The van der Waals surface area contributed by atoms with E-state index in [1.807, 2.05) is 42.5 Å². The van der Waals surface area contributed by atoms with E-state index in [9.17, 15) is 14.4 Å². The number of imide groups is 1. The van der Waals surface area contributed by atoms with E-state index in [0.29, 0.717) is 24.5 Å². The van der Waals surface area contributed by atoms with Gasteiger partial charge in [-0.2, -0.15) is 0 Å². The maximum Gasteiger partial charge on any atom is 0.326 e. The van der Waals surface area contributed by atoms with Crippen molar-refractivity contribution >= 4 is 35.0 Å². The number of hydrogen-bond donors (Lipinski definition) is 0. The molecule has 30 heavy (non-hydrogen) atoms. The van der Waals surface area contributed by atoms with Gasteiger partial charge in [-0.25, -0.2) is 0 Å². The van der Waals surface area contributed by atoms with Crippen molar-refractivity contribution in [3.8, 4) is 11.5 Å². The number of hydrogen-bond acceptors (Lipinski definition) is 7. The molecule has 7 nitrogen and oxygen atoms in total. The Morgan fingerprint density at radius 3 is 2.47 bits per heavy atom. The van der Waals surface area contributed by atoms with Gasteiger partial charge in [-0.1, -0.05) is 36.4 Å². The third-order valence-electron chi connectivity index (χ3n) is 4.02. The van der Waals surface area contributed by atoms with Crippen LogP contribution in [0.25, 0.3) is 6.08 Å². The first-order valence-electron chi connectivity index (χ1n) is 9.39. The van der Waals surface area contributed by atoms with Gasteiger partial charge in [0.2, 0.25) is 0 Å². The number of nitrogens with zero attached hydrogens (tertiary/aromatic N) is 1. The highest BCUT2D eigenvalue weighted by Gasteiger charge is 2.36. The van der Waals surface area contributed by atoms with Crippen LogP contribution >= 0.6 is 11.8 Å². The Bertz CT molecular complexity index is 944. The SMILES string of the molecule is CCOC(=O)CN1C(=O)S/C(=C\c2ccccc2OCCOc2ccccc2)C1=O. The molecule has 1 fully saturated rings. The summed E-state index contributed by atoms with van der Waals surface area (Å²) in [4.78, 5) is 37.4. The first-order chi connectivity index (χ1) is 14.6. The molecule has 0 aromatic heterocycles. The lowest BCUT2D eigenvalue weighted by Gasteiger charge is -2.11. The van der Waals surface area contributed by atoms with Crippen LogP contribution in [0.4, 0.5) is 4.79 Å². The van der Waals surface area contributed by atoms with E-state index in [2.05, 4.69) is 0 Å². The molecule has 0 aliphatic carbocycles. The second-order valence-corrected chi connectivity index (χ2v) is 7.11. The lowest BCUT2D eigenvalue weighted by atomic mass is 10.2. The highest BCUT2D eigenvalue weighted by molar-refractivity contribution is 8.18. The van der Waals surface area contributed by atoms with E-state index in [4.69, 9.17) is 14.2 Å². The smallest absolute Gasteiger partial charge is 0.326 e. The number of amides is 2. The molecule has 1 saturated heterocycles. The van der Waals surface area contributed by atoms with Crippen molar-refractivity contribution in [2.75, 3.05) is 26.4 Å². The fourth-order valence-corrected chi connectivity index (χ4v) is 3.50. The first-order valence-corrected chi connectivity index (χ1v) is 10.2. The van der Waals surface area contributed by atoms with Crippen LogP contribution in [0.2, 0.25) is 0 Å². The van der Waals surface area contributed by atoms with Gasteiger partial charge in [-0.3, -0.25) is 19.3 Å². The molecule has 1 aliphatic rings. The summed E-state index contributed by atoms with van der Waals surface area (Å²) in [5.41, 5.74) is 0.652. The summed E-state index contributed by atoms with van der Waals surface area (Å²) in [5.74, 6) is 0.166. The largest absolute Gasteiger partial charge is 0.490 e. The summed E-state index contributed by atoms with van der Waals surface area (Å²) < 4.78 is 16.2. The van der Waals surface area contributed by atoms with E-state index in [0.717, 1.165) is 22.4 Å². The molecule has 0 saturated carbocycles. The lowest BCUT2D eigenvalue weighted by molar-refractivity contribution is -0.145. The minimum absolute atomic E-state index is 0.184.